The predicted octanol–water partition coefficient (Wildman–Crippen LogP) is 1.59. The molecule has 0 aliphatic heterocycles. The molecule has 2 aromatic heterocycles. The van der Waals surface area contributed by atoms with E-state index in [1.165, 1.54) is 0 Å². The Bertz CT molecular complexity index is 582. The number of rotatable bonds is 6. The van der Waals surface area contributed by atoms with Gasteiger partial charge < -0.3 is 14.6 Å². The van der Waals surface area contributed by atoms with Gasteiger partial charge in [0, 0.05) is 18.4 Å². The van der Waals surface area contributed by atoms with Crippen molar-refractivity contribution < 1.29 is 9.26 Å². The molecular formula is C13H19N5O2. The van der Waals surface area contributed by atoms with Crippen LogP contribution in [0.2, 0.25) is 0 Å². The molecule has 0 unspecified atom stereocenters. The Kier molecular flexibility index (Phi) is 4.62. The van der Waals surface area contributed by atoms with Crippen molar-refractivity contribution in [2.24, 2.45) is 0 Å². The molecule has 7 nitrogen and oxygen atoms in total. The van der Waals surface area contributed by atoms with Crippen molar-refractivity contribution in [3.8, 4) is 0 Å². The molecule has 7 heteroatoms. The Morgan fingerprint density at radius 2 is 1.95 bits per heavy atom. The van der Waals surface area contributed by atoms with E-state index in [1.54, 1.807) is 7.11 Å². The van der Waals surface area contributed by atoms with Crippen molar-refractivity contribution in [3.63, 3.8) is 0 Å². The van der Waals surface area contributed by atoms with Crippen LogP contribution < -0.4 is 5.32 Å². The fourth-order valence-corrected chi connectivity index (χ4v) is 1.76. The van der Waals surface area contributed by atoms with Crippen molar-refractivity contribution in [1.82, 2.24) is 20.1 Å². The van der Waals surface area contributed by atoms with Crippen molar-refractivity contribution in [1.29, 1.82) is 0 Å². The molecule has 0 spiro atoms. The largest absolute Gasteiger partial charge is 0.384 e. The van der Waals surface area contributed by atoms with Gasteiger partial charge in [0.2, 0.25) is 5.89 Å². The van der Waals surface area contributed by atoms with Crippen LogP contribution in [0.3, 0.4) is 0 Å². The topological polar surface area (TPSA) is 86.0 Å². The van der Waals surface area contributed by atoms with Crippen LogP contribution in [0.5, 0.6) is 0 Å². The van der Waals surface area contributed by atoms with Gasteiger partial charge in [0.1, 0.15) is 11.6 Å². The van der Waals surface area contributed by atoms with Crippen LogP contribution in [0.1, 0.15) is 28.8 Å². The van der Waals surface area contributed by atoms with Crippen molar-refractivity contribution in [2.45, 2.75) is 33.7 Å². The van der Waals surface area contributed by atoms with Gasteiger partial charge in [-0.05, 0) is 20.8 Å². The molecule has 0 radical (unpaired) electrons. The van der Waals surface area contributed by atoms with Gasteiger partial charge in [0.05, 0.1) is 19.6 Å². The first-order chi connectivity index (χ1) is 9.60. The van der Waals surface area contributed by atoms with Gasteiger partial charge in [-0.25, -0.2) is 9.97 Å². The molecule has 108 valence electrons. The Morgan fingerprint density at radius 3 is 2.70 bits per heavy atom. The van der Waals surface area contributed by atoms with Crippen LogP contribution in [0.25, 0.3) is 0 Å². The number of nitrogens with zero attached hydrogens (tertiary/aromatic N) is 4. The van der Waals surface area contributed by atoms with Crippen LogP contribution in [0.4, 0.5) is 5.82 Å². The number of anilines is 1. The molecule has 0 amide bonds. The highest BCUT2D eigenvalue weighted by Crippen LogP contribution is 2.15. The first kappa shape index (κ1) is 14.4. The molecule has 2 heterocycles. The molecule has 2 rings (SSSR count). The zero-order valence-corrected chi connectivity index (χ0v) is 12.2. The molecule has 2 aromatic rings. The quantitative estimate of drug-likeness (QED) is 0.857. The molecule has 0 atom stereocenters. The Labute approximate surface area is 117 Å². The third-order valence-corrected chi connectivity index (χ3v) is 2.95. The summed E-state index contributed by atoms with van der Waals surface area (Å²) >= 11 is 0. The number of hydrogen-bond donors (Lipinski definition) is 1. The predicted molar refractivity (Wildman–Crippen MR) is 73.4 cm³/mol. The van der Waals surface area contributed by atoms with E-state index in [9.17, 15) is 0 Å². The lowest BCUT2D eigenvalue weighted by Crippen LogP contribution is -2.08. The highest BCUT2D eigenvalue weighted by atomic mass is 16.5. The van der Waals surface area contributed by atoms with E-state index in [1.807, 2.05) is 20.8 Å². The molecule has 0 saturated carbocycles. The minimum atomic E-state index is 0.465. The lowest BCUT2D eigenvalue weighted by Gasteiger charge is -2.09. The first-order valence-electron chi connectivity index (χ1n) is 6.46. The van der Waals surface area contributed by atoms with E-state index in [0.717, 1.165) is 22.9 Å². The number of nitrogens with one attached hydrogen (secondary N) is 1. The zero-order valence-electron chi connectivity index (χ0n) is 12.2. The highest BCUT2D eigenvalue weighted by molar-refractivity contribution is 5.45. The molecule has 0 saturated heterocycles. The second kappa shape index (κ2) is 6.42. The summed E-state index contributed by atoms with van der Waals surface area (Å²) in [7, 11) is 1.64. The highest BCUT2D eigenvalue weighted by Gasteiger charge is 2.09. The van der Waals surface area contributed by atoms with Crippen LogP contribution in [-0.4, -0.2) is 33.8 Å². The zero-order chi connectivity index (χ0) is 14.5. The molecule has 0 aromatic carbocycles. The SMILES string of the molecule is COCCc1nc(CNc2nc(C)nc(C)c2C)no1. The molecule has 1 N–H and O–H groups in total. The fourth-order valence-electron chi connectivity index (χ4n) is 1.76. The molecule has 0 aliphatic carbocycles. The van der Waals surface area contributed by atoms with Crippen LogP contribution in [0.15, 0.2) is 4.52 Å². The second-order valence-corrected chi connectivity index (χ2v) is 4.53. The molecule has 20 heavy (non-hydrogen) atoms. The average Bonchev–Trinajstić information content (AvgIpc) is 2.86. The van der Waals surface area contributed by atoms with E-state index >= 15 is 0 Å². The third kappa shape index (κ3) is 3.51. The average molecular weight is 277 g/mol. The van der Waals surface area contributed by atoms with Gasteiger partial charge in [-0.3, -0.25) is 0 Å². The van der Waals surface area contributed by atoms with Gasteiger partial charge in [-0.15, -0.1) is 0 Å². The molecule has 0 bridgehead atoms. The summed E-state index contributed by atoms with van der Waals surface area (Å²) < 4.78 is 10.1. The second-order valence-electron chi connectivity index (χ2n) is 4.53. The maximum Gasteiger partial charge on any atom is 0.229 e. The molecule has 0 fully saturated rings. The van der Waals surface area contributed by atoms with Gasteiger partial charge in [-0.1, -0.05) is 5.16 Å². The third-order valence-electron chi connectivity index (χ3n) is 2.95. The van der Waals surface area contributed by atoms with E-state index in [0.29, 0.717) is 31.3 Å². The summed E-state index contributed by atoms with van der Waals surface area (Å²) in [5, 5.41) is 7.12. The lowest BCUT2D eigenvalue weighted by atomic mass is 10.2. The number of hydrogen-bond acceptors (Lipinski definition) is 7. The van der Waals surface area contributed by atoms with Crippen molar-refractivity contribution >= 4 is 5.82 Å². The number of aryl methyl sites for hydroxylation is 2. The summed E-state index contributed by atoms with van der Waals surface area (Å²) in [6.07, 6.45) is 0.619. The number of aromatic nitrogens is 4. The van der Waals surface area contributed by atoms with Crippen LogP contribution in [-0.2, 0) is 17.7 Å². The number of ether oxygens (including phenoxy) is 1. The maximum absolute atomic E-state index is 5.12. The minimum absolute atomic E-state index is 0.465. The van der Waals surface area contributed by atoms with Gasteiger partial charge >= 0.3 is 0 Å². The number of methoxy groups -OCH3 is 1. The fraction of sp³-hybridized carbons (Fsp3) is 0.538. The minimum Gasteiger partial charge on any atom is -0.384 e. The van der Waals surface area contributed by atoms with Gasteiger partial charge in [0.25, 0.3) is 0 Å². The van der Waals surface area contributed by atoms with Gasteiger partial charge in [-0.2, -0.15) is 4.98 Å². The maximum atomic E-state index is 5.12. The molecular weight excluding hydrogens is 258 g/mol. The Morgan fingerprint density at radius 1 is 1.15 bits per heavy atom. The normalized spacial score (nSPS) is 10.8. The monoisotopic (exact) mass is 277 g/mol. The van der Waals surface area contributed by atoms with Crippen molar-refractivity contribution in [2.75, 3.05) is 19.0 Å². The smallest absolute Gasteiger partial charge is 0.229 e. The van der Waals surface area contributed by atoms with E-state index in [2.05, 4.69) is 25.4 Å². The Balaban J connectivity index is 2.00. The van der Waals surface area contributed by atoms with E-state index < -0.39 is 0 Å². The van der Waals surface area contributed by atoms with Crippen LogP contribution >= 0.6 is 0 Å². The molecule has 0 aliphatic rings. The van der Waals surface area contributed by atoms with Crippen LogP contribution in [0, 0.1) is 20.8 Å². The summed E-state index contributed by atoms with van der Waals surface area (Å²) in [4.78, 5) is 13.0. The standard InChI is InChI=1S/C13H19N5O2/c1-8-9(2)15-10(3)16-13(8)14-7-11-17-12(20-18-11)5-6-19-4/h5-7H2,1-4H3,(H,14,15,16). The van der Waals surface area contributed by atoms with E-state index in [-0.39, 0.29) is 0 Å². The summed E-state index contributed by atoms with van der Waals surface area (Å²) in [5.41, 5.74) is 1.99. The summed E-state index contributed by atoms with van der Waals surface area (Å²) in [5.74, 6) is 2.72. The van der Waals surface area contributed by atoms with E-state index in [4.69, 9.17) is 9.26 Å². The first-order valence-corrected chi connectivity index (χ1v) is 6.46. The Hall–Kier alpha value is -2.02. The summed E-state index contributed by atoms with van der Waals surface area (Å²) in [6.45, 7) is 6.85. The van der Waals surface area contributed by atoms with Gasteiger partial charge in [0.15, 0.2) is 5.82 Å². The lowest BCUT2D eigenvalue weighted by molar-refractivity contribution is 0.192. The summed E-state index contributed by atoms with van der Waals surface area (Å²) in [6, 6.07) is 0. The van der Waals surface area contributed by atoms with Crippen molar-refractivity contribution in [3.05, 3.63) is 28.8 Å².